The first-order valence-electron chi connectivity index (χ1n) is 9.30. The lowest BCUT2D eigenvalue weighted by Gasteiger charge is -2.32. The highest BCUT2D eigenvalue weighted by Crippen LogP contribution is 2.26. The topological polar surface area (TPSA) is 63.1 Å². The van der Waals surface area contributed by atoms with Crippen molar-refractivity contribution in [3.63, 3.8) is 0 Å². The highest BCUT2D eigenvalue weighted by Gasteiger charge is 2.27. The number of benzene rings is 1. The van der Waals surface area contributed by atoms with Gasteiger partial charge in [-0.05, 0) is 36.6 Å². The predicted octanol–water partition coefficient (Wildman–Crippen LogP) is 3.74. The molecule has 0 aliphatic carbocycles. The van der Waals surface area contributed by atoms with Crippen LogP contribution in [0.3, 0.4) is 0 Å². The van der Waals surface area contributed by atoms with Crippen molar-refractivity contribution in [3.05, 3.63) is 78.6 Å². The smallest absolute Gasteiger partial charge is 0.321 e. The molecule has 1 aliphatic heterocycles. The van der Waals surface area contributed by atoms with Crippen molar-refractivity contribution in [1.29, 1.82) is 0 Å². The molecule has 0 bridgehead atoms. The number of pyridine rings is 1. The van der Waals surface area contributed by atoms with E-state index in [1.165, 1.54) is 0 Å². The van der Waals surface area contributed by atoms with Gasteiger partial charge in [-0.2, -0.15) is 0 Å². The number of nitrogens with one attached hydrogen (secondary N) is 1. The summed E-state index contributed by atoms with van der Waals surface area (Å²) < 4.78 is 2.17. The number of likely N-dealkylation sites (tertiary alicyclic amines) is 1. The van der Waals surface area contributed by atoms with Crippen molar-refractivity contribution in [2.24, 2.45) is 0 Å². The van der Waals surface area contributed by atoms with Crippen LogP contribution < -0.4 is 5.32 Å². The van der Waals surface area contributed by atoms with E-state index in [9.17, 15) is 4.79 Å². The van der Waals surface area contributed by atoms with E-state index in [0.717, 1.165) is 43.0 Å². The summed E-state index contributed by atoms with van der Waals surface area (Å²) in [5.74, 6) is 1.28. The van der Waals surface area contributed by atoms with Gasteiger partial charge in [0.2, 0.25) is 0 Å². The van der Waals surface area contributed by atoms with Gasteiger partial charge in [0, 0.05) is 49.5 Å². The fourth-order valence-corrected chi connectivity index (χ4v) is 3.60. The van der Waals surface area contributed by atoms with Gasteiger partial charge in [-0.1, -0.05) is 24.3 Å². The van der Waals surface area contributed by atoms with Gasteiger partial charge in [-0.3, -0.25) is 4.98 Å². The molecule has 0 radical (unpaired) electrons. The van der Waals surface area contributed by atoms with Crippen molar-refractivity contribution in [1.82, 2.24) is 19.4 Å². The Morgan fingerprint density at radius 2 is 2.04 bits per heavy atom. The lowest BCUT2D eigenvalue weighted by Crippen LogP contribution is -2.42. The SMILES string of the molecule is O=C(Nc1ccccc1)N1CCC[C@@H](c2nccn2Cc2cccnc2)C1. The zero-order valence-electron chi connectivity index (χ0n) is 15.2. The first kappa shape index (κ1) is 17.3. The Bertz CT molecular complexity index is 878. The standard InChI is InChI=1S/C21H23N5O/c27-21(24-19-8-2-1-3-9-19)26-12-5-7-18(16-26)20-23-11-13-25(20)15-17-6-4-10-22-14-17/h1-4,6,8-11,13-14,18H,5,7,12,15-16H2,(H,24,27)/t18-/m1/s1. The van der Waals surface area contributed by atoms with Crippen LogP contribution in [0.1, 0.15) is 30.1 Å². The van der Waals surface area contributed by atoms with Gasteiger partial charge in [-0.25, -0.2) is 9.78 Å². The lowest BCUT2D eigenvalue weighted by atomic mass is 9.97. The number of amides is 2. The number of urea groups is 1. The molecular formula is C21H23N5O. The summed E-state index contributed by atoms with van der Waals surface area (Å²) in [6, 6.07) is 13.6. The molecule has 2 amide bonds. The van der Waals surface area contributed by atoms with Crippen molar-refractivity contribution in [3.8, 4) is 0 Å². The van der Waals surface area contributed by atoms with Crippen LogP contribution in [-0.2, 0) is 6.54 Å². The fourth-order valence-electron chi connectivity index (χ4n) is 3.60. The molecule has 1 aromatic carbocycles. The maximum Gasteiger partial charge on any atom is 0.321 e. The number of anilines is 1. The van der Waals surface area contributed by atoms with Crippen LogP contribution in [0.5, 0.6) is 0 Å². The minimum absolute atomic E-state index is 0.0451. The number of para-hydroxylation sites is 1. The number of rotatable bonds is 4. The van der Waals surface area contributed by atoms with Crippen LogP contribution >= 0.6 is 0 Å². The molecule has 0 unspecified atom stereocenters. The van der Waals surface area contributed by atoms with E-state index in [2.05, 4.69) is 25.9 Å². The second kappa shape index (κ2) is 8.03. The van der Waals surface area contributed by atoms with Crippen molar-refractivity contribution in [2.75, 3.05) is 18.4 Å². The number of nitrogens with zero attached hydrogens (tertiary/aromatic N) is 4. The highest BCUT2D eigenvalue weighted by atomic mass is 16.2. The maximum atomic E-state index is 12.6. The molecule has 3 heterocycles. The number of piperidine rings is 1. The third-order valence-electron chi connectivity index (χ3n) is 4.92. The molecule has 27 heavy (non-hydrogen) atoms. The van der Waals surface area contributed by atoms with Crippen LogP contribution in [0.2, 0.25) is 0 Å². The molecule has 1 N–H and O–H groups in total. The first-order valence-corrected chi connectivity index (χ1v) is 9.30. The highest BCUT2D eigenvalue weighted by molar-refractivity contribution is 5.89. The van der Waals surface area contributed by atoms with E-state index in [1.807, 2.05) is 59.9 Å². The van der Waals surface area contributed by atoms with E-state index in [4.69, 9.17) is 0 Å². The minimum Gasteiger partial charge on any atom is -0.330 e. The summed E-state index contributed by atoms with van der Waals surface area (Å²) in [4.78, 5) is 23.3. The number of hydrogen-bond donors (Lipinski definition) is 1. The summed E-state index contributed by atoms with van der Waals surface area (Å²) in [7, 11) is 0. The second-order valence-corrected chi connectivity index (χ2v) is 6.86. The average molecular weight is 361 g/mol. The van der Waals surface area contributed by atoms with Gasteiger partial charge in [0.1, 0.15) is 5.82 Å². The molecule has 1 atom stereocenters. The van der Waals surface area contributed by atoms with E-state index in [1.54, 1.807) is 6.20 Å². The van der Waals surface area contributed by atoms with E-state index >= 15 is 0 Å². The van der Waals surface area contributed by atoms with Gasteiger partial charge in [0.05, 0.1) is 6.54 Å². The number of carbonyl (C=O) groups excluding carboxylic acids is 1. The molecule has 138 valence electrons. The van der Waals surface area contributed by atoms with E-state index in [0.29, 0.717) is 6.54 Å². The molecule has 6 heteroatoms. The van der Waals surface area contributed by atoms with Gasteiger partial charge in [0.25, 0.3) is 0 Å². The molecule has 1 saturated heterocycles. The quantitative estimate of drug-likeness (QED) is 0.770. The van der Waals surface area contributed by atoms with Gasteiger partial charge >= 0.3 is 6.03 Å². The molecule has 3 aromatic rings. The zero-order chi connectivity index (χ0) is 18.5. The number of carbonyl (C=O) groups is 1. The van der Waals surface area contributed by atoms with Crippen LogP contribution in [0.4, 0.5) is 10.5 Å². The van der Waals surface area contributed by atoms with Gasteiger partial charge in [-0.15, -0.1) is 0 Å². The fraction of sp³-hybridized carbons (Fsp3) is 0.286. The largest absolute Gasteiger partial charge is 0.330 e. The molecule has 6 nitrogen and oxygen atoms in total. The zero-order valence-corrected chi connectivity index (χ0v) is 15.2. The predicted molar refractivity (Wildman–Crippen MR) is 105 cm³/mol. The monoisotopic (exact) mass is 361 g/mol. The van der Waals surface area contributed by atoms with Crippen LogP contribution in [0, 0.1) is 0 Å². The van der Waals surface area contributed by atoms with E-state index in [-0.39, 0.29) is 11.9 Å². The second-order valence-electron chi connectivity index (χ2n) is 6.86. The Kier molecular flexibility index (Phi) is 5.14. The summed E-state index contributed by atoms with van der Waals surface area (Å²) in [5, 5.41) is 2.98. The summed E-state index contributed by atoms with van der Waals surface area (Å²) >= 11 is 0. The van der Waals surface area contributed by atoms with Crippen molar-refractivity contribution in [2.45, 2.75) is 25.3 Å². The Morgan fingerprint density at radius 1 is 1.15 bits per heavy atom. The number of aromatic nitrogens is 3. The molecule has 0 spiro atoms. The Labute approximate surface area is 158 Å². The van der Waals surface area contributed by atoms with Crippen LogP contribution in [0.15, 0.2) is 67.3 Å². The molecule has 4 rings (SSSR count). The number of imidazole rings is 1. The molecule has 0 saturated carbocycles. The molecule has 2 aromatic heterocycles. The Balaban J connectivity index is 1.44. The Morgan fingerprint density at radius 3 is 2.85 bits per heavy atom. The summed E-state index contributed by atoms with van der Waals surface area (Å²) in [6.07, 6.45) is 9.53. The van der Waals surface area contributed by atoms with E-state index < -0.39 is 0 Å². The molecular weight excluding hydrogens is 338 g/mol. The first-order chi connectivity index (χ1) is 13.3. The third-order valence-corrected chi connectivity index (χ3v) is 4.92. The van der Waals surface area contributed by atoms with Gasteiger partial charge < -0.3 is 14.8 Å². The average Bonchev–Trinajstić information content (AvgIpc) is 3.18. The number of hydrogen-bond acceptors (Lipinski definition) is 3. The van der Waals surface area contributed by atoms with Crippen molar-refractivity contribution >= 4 is 11.7 Å². The van der Waals surface area contributed by atoms with Crippen molar-refractivity contribution < 1.29 is 4.79 Å². The maximum absolute atomic E-state index is 12.6. The summed E-state index contributed by atoms with van der Waals surface area (Å²) in [5.41, 5.74) is 1.97. The van der Waals surface area contributed by atoms with Gasteiger partial charge in [0.15, 0.2) is 0 Å². The summed E-state index contributed by atoms with van der Waals surface area (Å²) in [6.45, 7) is 2.21. The molecule has 1 fully saturated rings. The van der Waals surface area contributed by atoms with Crippen LogP contribution in [0.25, 0.3) is 0 Å². The third kappa shape index (κ3) is 4.16. The lowest BCUT2D eigenvalue weighted by molar-refractivity contribution is 0.190. The van der Waals surface area contributed by atoms with Crippen LogP contribution in [-0.4, -0.2) is 38.6 Å². The minimum atomic E-state index is -0.0451. The molecule has 1 aliphatic rings. The Hall–Kier alpha value is -3.15. The normalized spacial score (nSPS) is 16.9.